The first-order valence-electron chi connectivity index (χ1n) is 5.25. The molecule has 1 N–H and O–H groups in total. The van der Waals surface area contributed by atoms with Gasteiger partial charge >= 0.3 is 0 Å². The second-order valence-corrected chi connectivity index (χ2v) is 5.10. The molecule has 0 saturated heterocycles. The second-order valence-electron chi connectivity index (χ2n) is 3.85. The number of hydrogen-bond acceptors (Lipinski definition) is 1. The molecule has 0 amide bonds. The lowest BCUT2D eigenvalue weighted by Crippen LogP contribution is -1.80. The van der Waals surface area contributed by atoms with Crippen LogP contribution >= 0.6 is 34.8 Å². The van der Waals surface area contributed by atoms with E-state index in [2.05, 4.69) is 9.97 Å². The molecule has 1 aromatic heterocycles. The summed E-state index contributed by atoms with van der Waals surface area (Å²) in [6, 6.07) is 11.0. The third-order valence-electron chi connectivity index (χ3n) is 2.63. The van der Waals surface area contributed by atoms with Crippen LogP contribution in [0.1, 0.15) is 0 Å². The highest BCUT2D eigenvalue weighted by molar-refractivity contribution is 6.38. The minimum absolute atomic E-state index is 0.520. The molecule has 0 radical (unpaired) electrons. The summed E-state index contributed by atoms with van der Waals surface area (Å²) in [6.45, 7) is 0. The van der Waals surface area contributed by atoms with Crippen LogP contribution in [0.5, 0.6) is 0 Å². The van der Waals surface area contributed by atoms with Gasteiger partial charge in [0.2, 0.25) is 0 Å². The van der Waals surface area contributed by atoms with Gasteiger partial charge in [0, 0.05) is 10.6 Å². The Hall–Kier alpha value is -1.22. The lowest BCUT2D eigenvalue weighted by Gasteiger charge is -1.98. The van der Waals surface area contributed by atoms with Gasteiger partial charge in [-0.3, -0.25) is 0 Å². The molecule has 18 heavy (non-hydrogen) atoms. The molecule has 0 unspecified atom stereocenters. The zero-order valence-corrected chi connectivity index (χ0v) is 11.3. The third kappa shape index (κ3) is 1.97. The summed E-state index contributed by atoms with van der Waals surface area (Å²) >= 11 is 18.2. The normalized spacial score (nSPS) is 11.1. The maximum atomic E-state index is 6.14. The molecule has 3 rings (SSSR count). The SMILES string of the molecule is Clc1cc(Cl)c2nc(-c3ccccc3Cl)[nH]c2c1. The number of rotatable bonds is 1. The largest absolute Gasteiger partial charge is 0.338 e. The standard InChI is InChI=1S/C13H7Cl3N2/c14-7-5-10(16)12-11(6-7)17-13(18-12)8-3-1-2-4-9(8)15/h1-6H,(H,17,18). The maximum Gasteiger partial charge on any atom is 0.140 e. The van der Waals surface area contributed by atoms with Crippen LogP contribution in [0.2, 0.25) is 15.1 Å². The molecule has 0 fully saturated rings. The average molecular weight is 298 g/mol. The molecule has 1 heterocycles. The van der Waals surface area contributed by atoms with E-state index in [1.807, 2.05) is 24.3 Å². The van der Waals surface area contributed by atoms with E-state index in [1.165, 1.54) is 0 Å². The van der Waals surface area contributed by atoms with Gasteiger partial charge in [-0.05, 0) is 24.3 Å². The Morgan fingerprint density at radius 1 is 0.944 bits per heavy atom. The number of halogens is 3. The van der Waals surface area contributed by atoms with Gasteiger partial charge < -0.3 is 4.98 Å². The van der Waals surface area contributed by atoms with E-state index in [0.29, 0.717) is 26.4 Å². The first-order chi connectivity index (χ1) is 8.65. The Labute approximate surface area is 119 Å². The van der Waals surface area contributed by atoms with E-state index in [-0.39, 0.29) is 0 Å². The van der Waals surface area contributed by atoms with E-state index < -0.39 is 0 Å². The Bertz CT molecular complexity index is 734. The van der Waals surface area contributed by atoms with Crippen LogP contribution in [-0.2, 0) is 0 Å². The van der Waals surface area contributed by atoms with Crippen molar-refractivity contribution in [3.63, 3.8) is 0 Å². The van der Waals surface area contributed by atoms with Crippen molar-refractivity contribution in [2.75, 3.05) is 0 Å². The fraction of sp³-hybridized carbons (Fsp3) is 0. The first-order valence-corrected chi connectivity index (χ1v) is 6.38. The third-order valence-corrected chi connectivity index (χ3v) is 3.47. The molecular formula is C13H7Cl3N2. The van der Waals surface area contributed by atoms with Crippen molar-refractivity contribution >= 4 is 45.8 Å². The van der Waals surface area contributed by atoms with E-state index in [1.54, 1.807) is 12.1 Å². The number of aromatic nitrogens is 2. The van der Waals surface area contributed by atoms with E-state index in [9.17, 15) is 0 Å². The highest BCUT2D eigenvalue weighted by Crippen LogP contribution is 2.31. The highest BCUT2D eigenvalue weighted by atomic mass is 35.5. The molecule has 0 aliphatic rings. The topological polar surface area (TPSA) is 28.7 Å². The van der Waals surface area contributed by atoms with Crippen molar-refractivity contribution in [2.24, 2.45) is 0 Å². The van der Waals surface area contributed by atoms with Crippen molar-refractivity contribution in [3.05, 3.63) is 51.5 Å². The van der Waals surface area contributed by atoms with Crippen molar-refractivity contribution in [2.45, 2.75) is 0 Å². The molecule has 0 saturated carbocycles. The summed E-state index contributed by atoms with van der Waals surface area (Å²) in [5.74, 6) is 0.680. The Morgan fingerprint density at radius 2 is 1.72 bits per heavy atom. The number of imidazole rings is 1. The summed E-state index contributed by atoms with van der Waals surface area (Å²) in [7, 11) is 0. The first kappa shape index (κ1) is 11.8. The zero-order chi connectivity index (χ0) is 12.7. The van der Waals surface area contributed by atoms with Gasteiger partial charge in [0.05, 0.1) is 15.6 Å². The number of H-pyrrole nitrogens is 1. The number of fused-ring (bicyclic) bond motifs is 1. The molecule has 2 nitrogen and oxygen atoms in total. The number of nitrogens with zero attached hydrogens (tertiary/aromatic N) is 1. The van der Waals surface area contributed by atoms with Gasteiger partial charge in [-0.1, -0.05) is 46.9 Å². The lowest BCUT2D eigenvalue weighted by molar-refractivity contribution is 1.34. The Morgan fingerprint density at radius 3 is 2.50 bits per heavy atom. The van der Waals surface area contributed by atoms with Crippen LogP contribution in [0, 0.1) is 0 Å². The van der Waals surface area contributed by atoms with Crippen LogP contribution in [0.3, 0.4) is 0 Å². The summed E-state index contributed by atoms with van der Waals surface area (Å²) < 4.78 is 0. The maximum absolute atomic E-state index is 6.14. The van der Waals surface area contributed by atoms with Crippen molar-refractivity contribution in [3.8, 4) is 11.4 Å². The molecule has 3 aromatic rings. The molecule has 2 aromatic carbocycles. The van der Waals surface area contributed by atoms with Crippen molar-refractivity contribution < 1.29 is 0 Å². The van der Waals surface area contributed by atoms with Crippen LogP contribution in [0.4, 0.5) is 0 Å². The molecule has 90 valence electrons. The Balaban J connectivity index is 2.26. The number of hydrogen-bond donors (Lipinski definition) is 1. The minimum atomic E-state index is 0.520. The monoisotopic (exact) mass is 296 g/mol. The summed E-state index contributed by atoms with van der Waals surface area (Å²) in [6.07, 6.45) is 0. The number of aromatic amines is 1. The quantitative estimate of drug-likeness (QED) is 0.658. The van der Waals surface area contributed by atoms with Crippen molar-refractivity contribution in [1.82, 2.24) is 9.97 Å². The fourth-order valence-electron chi connectivity index (χ4n) is 1.82. The smallest absolute Gasteiger partial charge is 0.140 e. The summed E-state index contributed by atoms with van der Waals surface area (Å²) in [5, 5.41) is 1.73. The van der Waals surface area contributed by atoms with Gasteiger partial charge in [-0.25, -0.2) is 4.98 Å². The van der Waals surface area contributed by atoms with Crippen LogP contribution in [-0.4, -0.2) is 9.97 Å². The molecule has 0 bridgehead atoms. The summed E-state index contributed by atoms with van der Waals surface area (Å²) in [4.78, 5) is 7.62. The average Bonchev–Trinajstić information content (AvgIpc) is 2.73. The van der Waals surface area contributed by atoms with Gasteiger partial charge in [0.15, 0.2) is 0 Å². The fourth-order valence-corrected chi connectivity index (χ4v) is 2.58. The Kier molecular flexibility index (Phi) is 2.94. The van der Waals surface area contributed by atoms with Gasteiger partial charge in [-0.2, -0.15) is 0 Å². The van der Waals surface area contributed by atoms with E-state index in [4.69, 9.17) is 34.8 Å². The van der Waals surface area contributed by atoms with Crippen molar-refractivity contribution in [1.29, 1.82) is 0 Å². The minimum Gasteiger partial charge on any atom is -0.338 e. The molecule has 5 heteroatoms. The predicted octanol–water partition coefficient (Wildman–Crippen LogP) is 5.19. The van der Waals surface area contributed by atoms with Crippen LogP contribution in [0.15, 0.2) is 36.4 Å². The molecule has 0 aliphatic heterocycles. The van der Waals surface area contributed by atoms with E-state index >= 15 is 0 Å². The molecule has 0 atom stereocenters. The molecule has 0 spiro atoms. The number of benzene rings is 2. The lowest BCUT2D eigenvalue weighted by atomic mass is 10.2. The van der Waals surface area contributed by atoms with Crippen LogP contribution < -0.4 is 0 Å². The number of nitrogens with one attached hydrogen (secondary N) is 1. The van der Waals surface area contributed by atoms with Gasteiger partial charge in [0.25, 0.3) is 0 Å². The predicted molar refractivity (Wildman–Crippen MR) is 76.6 cm³/mol. The summed E-state index contributed by atoms with van der Waals surface area (Å²) in [5.41, 5.74) is 2.32. The molecular weight excluding hydrogens is 291 g/mol. The highest BCUT2D eigenvalue weighted by Gasteiger charge is 2.11. The van der Waals surface area contributed by atoms with Gasteiger partial charge in [0.1, 0.15) is 11.3 Å². The van der Waals surface area contributed by atoms with Gasteiger partial charge in [-0.15, -0.1) is 0 Å². The van der Waals surface area contributed by atoms with Crippen LogP contribution in [0.25, 0.3) is 22.4 Å². The van der Waals surface area contributed by atoms with E-state index in [0.717, 1.165) is 11.1 Å². The second kappa shape index (κ2) is 4.47. The zero-order valence-electron chi connectivity index (χ0n) is 9.05. The molecule has 0 aliphatic carbocycles.